The molecular formula is C15H20. The molecule has 0 bridgehead atoms. The van der Waals surface area contributed by atoms with Gasteiger partial charge in [-0.15, -0.1) is 0 Å². The average molecular weight is 200 g/mol. The van der Waals surface area contributed by atoms with E-state index >= 15 is 0 Å². The van der Waals surface area contributed by atoms with Gasteiger partial charge in [0.25, 0.3) is 0 Å². The number of rotatable bonds is 3. The maximum atomic E-state index is 3.77. The first kappa shape index (κ1) is 13.4. The van der Waals surface area contributed by atoms with Crippen LogP contribution >= 0.6 is 0 Å². The molecule has 0 amide bonds. The Morgan fingerprint density at radius 1 is 1.00 bits per heavy atom. The van der Waals surface area contributed by atoms with E-state index in [1.165, 1.54) is 5.56 Å². The van der Waals surface area contributed by atoms with Gasteiger partial charge in [-0.25, -0.2) is 0 Å². The van der Waals surface area contributed by atoms with E-state index in [2.05, 4.69) is 31.4 Å². The second-order valence-corrected chi connectivity index (χ2v) is 2.80. The molecule has 0 aliphatic carbocycles. The van der Waals surface area contributed by atoms with Crippen LogP contribution in [0.1, 0.15) is 37.5 Å². The molecule has 0 heteroatoms. The molecule has 0 spiro atoms. The fourth-order valence-electron chi connectivity index (χ4n) is 1.23. The molecule has 0 atom stereocenters. The zero-order valence-electron chi connectivity index (χ0n) is 9.96. The van der Waals surface area contributed by atoms with Crippen LogP contribution < -0.4 is 0 Å². The zero-order chi connectivity index (χ0) is 11.7. The standard InChI is InChI=1S/C13H14.C2H6/c1-4-7-13-10-11(5-2)8-9-12(13)6-3;1-2/h4-10H,2-3H2,1H3;1-2H3/b7-4-;. The first-order chi connectivity index (χ1) is 7.31. The van der Waals surface area contributed by atoms with Gasteiger partial charge in [0.1, 0.15) is 0 Å². The number of hydrogen-bond donors (Lipinski definition) is 0. The van der Waals surface area contributed by atoms with Crippen LogP contribution in [-0.4, -0.2) is 0 Å². The first-order valence-electron chi connectivity index (χ1n) is 5.33. The third-order valence-corrected chi connectivity index (χ3v) is 1.91. The highest BCUT2D eigenvalue weighted by Crippen LogP contribution is 2.15. The van der Waals surface area contributed by atoms with Crippen LogP contribution in [0.15, 0.2) is 37.4 Å². The Morgan fingerprint density at radius 3 is 2.13 bits per heavy atom. The lowest BCUT2D eigenvalue weighted by Crippen LogP contribution is -1.81. The Hall–Kier alpha value is -1.56. The maximum Gasteiger partial charge on any atom is -0.0182 e. The van der Waals surface area contributed by atoms with Crippen molar-refractivity contribution >= 4 is 18.2 Å². The van der Waals surface area contributed by atoms with E-state index in [0.29, 0.717) is 0 Å². The molecule has 0 N–H and O–H groups in total. The van der Waals surface area contributed by atoms with Crippen LogP contribution in [0.2, 0.25) is 0 Å². The minimum atomic E-state index is 1.14. The van der Waals surface area contributed by atoms with Crippen molar-refractivity contribution in [3.05, 3.63) is 54.1 Å². The highest BCUT2D eigenvalue weighted by Gasteiger charge is 1.95. The summed E-state index contributed by atoms with van der Waals surface area (Å²) in [5.74, 6) is 0. The molecule has 0 unspecified atom stereocenters. The first-order valence-corrected chi connectivity index (χ1v) is 5.33. The molecule has 0 radical (unpaired) electrons. The van der Waals surface area contributed by atoms with Gasteiger partial charge in [0, 0.05) is 0 Å². The van der Waals surface area contributed by atoms with E-state index < -0.39 is 0 Å². The summed E-state index contributed by atoms with van der Waals surface area (Å²) in [5, 5.41) is 0. The second kappa shape index (κ2) is 7.81. The summed E-state index contributed by atoms with van der Waals surface area (Å²) in [6.07, 6.45) is 7.81. The minimum Gasteiger partial charge on any atom is -0.0985 e. The van der Waals surface area contributed by atoms with E-state index in [0.717, 1.165) is 11.1 Å². The van der Waals surface area contributed by atoms with Crippen molar-refractivity contribution in [2.45, 2.75) is 20.8 Å². The predicted octanol–water partition coefficient (Wildman–Crippen LogP) is 5.03. The van der Waals surface area contributed by atoms with E-state index in [4.69, 9.17) is 0 Å². The van der Waals surface area contributed by atoms with Crippen molar-refractivity contribution in [3.63, 3.8) is 0 Å². The van der Waals surface area contributed by atoms with Crippen molar-refractivity contribution in [2.24, 2.45) is 0 Å². The largest absolute Gasteiger partial charge is 0.0985 e. The summed E-state index contributed by atoms with van der Waals surface area (Å²) in [6.45, 7) is 13.5. The summed E-state index contributed by atoms with van der Waals surface area (Å²) in [6, 6.07) is 6.19. The molecule has 0 fully saturated rings. The van der Waals surface area contributed by atoms with Gasteiger partial charge in [0.05, 0.1) is 0 Å². The lowest BCUT2D eigenvalue weighted by molar-refractivity contribution is 1.50. The third kappa shape index (κ3) is 3.99. The Kier molecular flexibility index (Phi) is 7.00. The highest BCUT2D eigenvalue weighted by molar-refractivity contribution is 5.67. The molecular weight excluding hydrogens is 180 g/mol. The highest BCUT2D eigenvalue weighted by atomic mass is 14.0. The van der Waals surface area contributed by atoms with Gasteiger partial charge in [0.15, 0.2) is 0 Å². The van der Waals surface area contributed by atoms with Gasteiger partial charge in [-0.2, -0.15) is 0 Å². The second-order valence-electron chi connectivity index (χ2n) is 2.80. The lowest BCUT2D eigenvalue weighted by atomic mass is 10.0. The van der Waals surface area contributed by atoms with Gasteiger partial charge < -0.3 is 0 Å². The molecule has 0 saturated heterocycles. The maximum absolute atomic E-state index is 3.77. The van der Waals surface area contributed by atoms with Gasteiger partial charge in [-0.05, 0) is 29.7 Å². The van der Waals surface area contributed by atoms with E-state index in [9.17, 15) is 0 Å². The molecule has 1 aromatic rings. The Balaban J connectivity index is 0.000000921. The summed E-state index contributed by atoms with van der Waals surface area (Å²) in [4.78, 5) is 0. The van der Waals surface area contributed by atoms with Crippen LogP contribution in [0.5, 0.6) is 0 Å². The SMILES string of the molecule is C=Cc1ccc(C=C)c(/C=C\C)c1.CC. The summed E-state index contributed by atoms with van der Waals surface area (Å²) >= 11 is 0. The molecule has 0 aromatic heterocycles. The predicted molar refractivity (Wildman–Crippen MR) is 72.7 cm³/mol. The molecule has 1 aromatic carbocycles. The number of hydrogen-bond acceptors (Lipinski definition) is 0. The van der Waals surface area contributed by atoms with Crippen molar-refractivity contribution in [3.8, 4) is 0 Å². The van der Waals surface area contributed by atoms with Crippen molar-refractivity contribution in [1.82, 2.24) is 0 Å². The molecule has 0 saturated carbocycles. The minimum absolute atomic E-state index is 1.14. The van der Waals surface area contributed by atoms with Gasteiger partial charge in [-0.3, -0.25) is 0 Å². The molecule has 0 heterocycles. The van der Waals surface area contributed by atoms with E-state index in [1.807, 2.05) is 45.1 Å². The Morgan fingerprint density at radius 2 is 1.67 bits per heavy atom. The topological polar surface area (TPSA) is 0 Å². The molecule has 0 aliphatic heterocycles. The van der Waals surface area contributed by atoms with Gasteiger partial charge in [-0.1, -0.05) is 63.4 Å². The van der Waals surface area contributed by atoms with Gasteiger partial charge >= 0.3 is 0 Å². The molecule has 0 nitrogen and oxygen atoms in total. The average Bonchev–Trinajstić information content (AvgIpc) is 2.32. The lowest BCUT2D eigenvalue weighted by Gasteiger charge is -2.02. The summed E-state index contributed by atoms with van der Waals surface area (Å²) < 4.78 is 0. The molecule has 15 heavy (non-hydrogen) atoms. The summed E-state index contributed by atoms with van der Waals surface area (Å²) in [5.41, 5.74) is 3.48. The third-order valence-electron chi connectivity index (χ3n) is 1.91. The van der Waals surface area contributed by atoms with Crippen molar-refractivity contribution in [2.75, 3.05) is 0 Å². The normalized spacial score (nSPS) is 9.27. The zero-order valence-corrected chi connectivity index (χ0v) is 9.96. The van der Waals surface area contributed by atoms with Crippen LogP contribution in [0.4, 0.5) is 0 Å². The van der Waals surface area contributed by atoms with Crippen LogP contribution in [-0.2, 0) is 0 Å². The van der Waals surface area contributed by atoms with E-state index in [1.54, 1.807) is 0 Å². The fourth-order valence-corrected chi connectivity index (χ4v) is 1.23. The van der Waals surface area contributed by atoms with Gasteiger partial charge in [0.2, 0.25) is 0 Å². The quantitative estimate of drug-likeness (QED) is 0.641. The smallest absolute Gasteiger partial charge is 0.0182 e. The Bertz CT molecular complexity index is 343. The van der Waals surface area contributed by atoms with Crippen molar-refractivity contribution < 1.29 is 0 Å². The fraction of sp³-hybridized carbons (Fsp3) is 0.200. The van der Waals surface area contributed by atoms with Crippen LogP contribution in [0, 0.1) is 0 Å². The number of allylic oxidation sites excluding steroid dienone is 1. The molecule has 1 rings (SSSR count). The molecule has 80 valence electrons. The van der Waals surface area contributed by atoms with Crippen molar-refractivity contribution in [1.29, 1.82) is 0 Å². The van der Waals surface area contributed by atoms with Crippen LogP contribution in [0.25, 0.3) is 18.2 Å². The summed E-state index contributed by atoms with van der Waals surface area (Å²) in [7, 11) is 0. The van der Waals surface area contributed by atoms with Crippen LogP contribution in [0.3, 0.4) is 0 Å². The number of benzene rings is 1. The molecule has 0 aliphatic rings. The van der Waals surface area contributed by atoms with E-state index in [-0.39, 0.29) is 0 Å². The Labute approximate surface area is 93.7 Å². The monoisotopic (exact) mass is 200 g/mol.